The molecule has 0 saturated carbocycles. The number of esters is 1. The van der Waals surface area contributed by atoms with Crippen LogP contribution in [-0.2, 0) is 9.53 Å². The Hall–Kier alpha value is -2.03. The number of rotatable bonds is 3. The minimum Gasteiger partial charge on any atom is -0.476 e. The molecule has 80 valence electrons. The van der Waals surface area contributed by atoms with Gasteiger partial charge in [-0.1, -0.05) is 5.16 Å². The highest BCUT2D eigenvalue weighted by Gasteiger charge is 2.21. The summed E-state index contributed by atoms with van der Waals surface area (Å²) >= 11 is 0.652. The van der Waals surface area contributed by atoms with Gasteiger partial charge in [0, 0.05) is 0 Å². The van der Waals surface area contributed by atoms with E-state index < -0.39 is 17.7 Å². The third-order valence-corrected chi connectivity index (χ3v) is 2.00. The molecule has 0 amide bonds. The Balaban J connectivity index is 3.03. The van der Waals surface area contributed by atoms with Crippen LogP contribution in [0.2, 0.25) is 0 Å². The van der Waals surface area contributed by atoms with Gasteiger partial charge in [-0.15, -0.1) is 0 Å². The topological polar surface area (TPSA) is 122 Å². The number of carbonyl (C=O) groups is 2. The zero-order valence-corrected chi connectivity index (χ0v) is 8.19. The summed E-state index contributed by atoms with van der Waals surface area (Å²) in [5.74, 6) is -2.57. The highest BCUT2D eigenvalue weighted by molar-refractivity contribution is 7.07. The molecule has 0 aliphatic rings. The molecule has 0 atom stereocenters. The van der Waals surface area contributed by atoms with Crippen molar-refractivity contribution in [2.75, 3.05) is 7.11 Å². The number of carboxylic acids is 1. The maximum Gasteiger partial charge on any atom is 0.368 e. The first-order chi connectivity index (χ1) is 7.10. The number of aliphatic carboxylic acids is 1. The van der Waals surface area contributed by atoms with Crippen LogP contribution in [0.1, 0.15) is 15.6 Å². The van der Waals surface area contributed by atoms with E-state index in [0.29, 0.717) is 11.5 Å². The van der Waals surface area contributed by atoms with Gasteiger partial charge < -0.3 is 15.1 Å². The summed E-state index contributed by atoms with van der Waals surface area (Å²) in [5, 5.41) is 19.3. The molecule has 0 aliphatic heterocycles. The molecule has 15 heavy (non-hydrogen) atoms. The van der Waals surface area contributed by atoms with Crippen LogP contribution in [-0.4, -0.2) is 44.4 Å². The van der Waals surface area contributed by atoms with E-state index in [4.69, 9.17) is 10.3 Å². The number of carbonyl (C=O) groups excluding carboxylic acids is 1. The highest BCUT2D eigenvalue weighted by Crippen LogP contribution is 2.07. The number of ether oxygens (including phenoxy) is 1. The van der Waals surface area contributed by atoms with Crippen molar-refractivity contribution in [2.45, 2.75) is 0 Å². The Labute approximate surface area is 87.0 Å². The predicted molar refractivity (Wildman–Crippen MR) is 47.2 cm³/mol. The van der Waals surface area contributed by atoms with Gasteiger partial charge in [-0.05, 0) is 11.5 Å². The van der Waals surface area contributed by atoms with Crippen molar-refractivity contribution in [3.63, 3.8) is 0 Å². The molecule has 0 unspecified atom stereocenters. The molecule has 0 fully saturated rings. The van der Waals surface area contributed by atoms with E-state index in [1.165, 1.54) is 0 Å². The van der Waals surface area contributed by atoms with Gasteiger partial charge in [0.2, 0.25) is 16.5 Å². The van der Waals surface area contributed by atoms with E-state index in [1.54, 1.807) is 0 Å². The van der Waals surface area contributed by atoms with Crippen LogP contribution in [0.4, 0.5) is 0 Å². The molecule has 1 aromatic rings. The van der Waals surface area contributed by atoms with Crippen LogP contribution in [0, 0.1) is 0 Å². The van der Waals surface area contributed by atoms with Crippen molar-refractivity contribution in [3.8, 4) is 0 Å². The summed E-state index contributed by atoms with van der Waals surface area (Å²) in [7, 11) is 1.15. The van der Waals surface area contributed by atoms with Crippen LogP contribution in [0.25, 0.3) is 0 Å². The first kappa shape index (κ1) is 11.0. The number of nitrogens with zero attached hydrogens (tertiary/aromatic N) is 3. The van der Waals surface area contributed by atoms with Gasteiger partial charge in [0.15, 0.2) is 0 Å². The Morgan fingerprint density at radius 2 is 2.20 bits per heavy atom. The van der Waals surface area contributed by atoms with E-state index in [1.807, 2.05) is 0 Å². The standard InChI is InChI=1S/C6H5N3O5S/c1-14-6(12)4-7-3(9-15-4)2(8-13)5(10)11/h13H,1H3,(H,10,11)/b8-2-. The molecule has 2 N–H and O–H groups in total. The lowest BCUT2D eigenvalue weighted by molar-refractivity contribution is -0.129. The SMILES string of the molecule is COC(=O)c1nc(/C(=N/O)C(=O)O)ns1. The Kier molecular flexibility index (Phi) is 3.29. The van der Waals surface area contributed by atoms with Crippen LogP contribution in [0.5, 0.6) is 0 Å². The molecule has 0 spiro atoms. The van der Waals surface area contributed by atoms with Gasteiger partial charge >= 0.3 is 11.9 Å². The van der Waals surface area contributed by atoms with E-state index in [2.05, 4.69) is 19.3 Å². The first-order valence-electron chi connectivity index (χ1n) is 3.48. The summed E-state index contributed by atoms with van der Waals surface area (Å²) < 4.78 is 7.88. The lowest BCUT2D eigenvalue weighted by Gasteiger charge is -1.91. The molecule has 8 nitrogen and oxygen atoms in total. The van der Waals surface area contributed by atoms with Crippen molar-refractivity contribution >= 4 is 29.2 Å². The average Bonchev–Trinajstić information content (AvgIpc) is 2.66. The van der Waals surface area contributed by atoms with E-state index in [9.17, 15) is 9.59 Å². The largest absolute Gasteiger partial charge is 0.476 e. The van der Waals surface area contributed by atoms with Crippen LogP contribution < -0.4 is 0 Å². The predicted octanol–water partition coefficient (Wildman–Crippen LogP) is -0.412. The molecule has 1 heterocycles. The summed E-state index contributed by atoms with van der Waals surface area (Å²) in [6.45, 7) is 0. The van der Waals surface area contributed by atoms with Crippen molar-refractivity contribution in [1.82, 2.24) is 9.36 Å². The van der Waals surface area contributed by atoms with Crippen molar-refractivity contribution < 1.29 is 24.6 Å². The van der Waals surface area contributed by atoms with Crippen molar-refractivity contribution in [3.05, 3.63) is 10.8 Å². The summed E-state index contributed by atoms with van der Waals surface area (Å²) in [4.78, 5) is 25.0. The fourth-order valence-corrected chi connectivity index (χ4v) is 1.26. The van der Waals surface area contributed by atoms with Gasteiger partial charge in [-0.25, -0.2) is 14.6 Å². The second-order valence-corrected chi connectivity index (χ2v) is 2.92. The van der Waals surface area contributed by atoms with Gasteiger partial charge in [0.05, 0.1) is 7.11 Å². The molecule has 1 rings (SSSR count). The van der Waals surface area contributed by atoms with Crippen LogP contribution in [0.15, 0.2) is 5.16 Å². The first-order valence-corrected chi connectivity index (χ1v) is 4.25. The normalized spacial score (nSPS) is 11.1. The van der Waals surface area contributed by atoms with E-state index >= 15 is 0 Å². The lowest BCUT2D eigenvalue weighted by Crippen LogP contribution is -2.16. The Bertz CT molecular complexity index is 426. The van der Waals surface area contributed by atoms with Crippen LogP contribution in [0.3, 0.4) is 0 Å². The number of carboxylic acid groups (broad SMARTS) is 1. The molecule has 0 radical (unpaired) electrons. The maximum absolute atomic E-state index is 10.9. The monoisotopic (exact) mass is 231 g/mol. The number of hydrogen-bond donors (Lipinski definition) is 2. The zero-order chi connectivity index (χ0) is 11.4. The van der Waals surface area contributed by atoms with Crippen molar-refractivity contribution in [2.24, 2.45) is 5.16 Å². The number of aromatic nitrogens is 2. The molecular formula is C6H5N3O5S. The highest BCUT2D eigenvalue weighted by atomic mass is 32.1. The van der Waals surface area contributed by atoms with Crippen molar-refractivity contribution in [1.29, 1.82) is 0 Å². The smallest absolute Gasteiger partial charge is 0.368 e. The maximum atomic E-state index is 10.9. The number of methoxy groups -OCH3 is 1. The van der Waals surface area contributed by atoms with Gasteiger partial charge in [0.25, 0.3) is 0 Å². The summed E-state index contributed by atoms with van der Waals surface area (Å²) in [6, 6.07) is 0. The molecular weight excluding hydrogens is 226 g/mol. The fourth-order valence-electron chi connectivity index (χ4n) is 0.673. The minimum atomic E-state index is -1.49. The Morgan fingerprint density at radius 1 is 1.53 bits per heavy atom. The number of hydrogen-bond acceptors (Lipinski definition) is 8. The van der Waals surface area contributed by atoms with Gasteiger partial charge in [0.1, 0.15) is 0 Å². The van der Waals surface area contributed by atoms with E-state index in [0.717, 1.165) is 7.11 Å². The third-order valence-electron chi connectivity index (χ3n) is 1.30. The van der Waals surface area contributed by atoms with Gasteiger partial charge in [-0.2, -0.15) is 4.37 Å². The molecule has 9 heteroatoms. The third kappa shape index (κ3) is 2.26. The second-order valence-electron chi connectivity index (χ2n) is 2.17. The molecule has 0 aromatic carbocycles. The van der Waals surface area contributed by atoms with Crippen LogP contribution >= 0.6 is 11.5 Å². The lowest BCUT2D eigenvalue weighted by atomic mass is 10.4. The molecule has 0 bridgehead atoms. The zero-order valence-electron chi connectivity index (χ0n) is 7.37. The molecule has 0 aliphatic carbocycles. The average molecular weight is 231 g/mol. The second kappa shape index (κ2) is 4.46. The number of oxime groups is 1. The van der Waals surface area contributed by atoms with Gasteiger partial charge in [-0.3, -0.25) is 0 Å². The minimum absolute atomic E-state index is 0.116. The summed E-state index contributed by atoms with van der Waals surface area (Å²) in [6.07, 6.45) is 0. The van der Waals surface area contributed by atoms with E-state index in [-0.39, 0.29) is 10.8 Å². The fraction of sp³-hybridized carbons (Fsp3) is 0.167. The molecule has 1 aromatic heterocycles. The Morgan fingerprint density at radius 3 is 2.67 bits per heavy atom. The quantitative estimate of drug-likeness (QED) is 0.313. The summed E-state index contributed by atoms with van der Waals surface area (Å²) in [5.41, 5.74) is -0.735. The molecule has 0 saturated heterocycles.